The predicted octanol–water partition coefficient (Wildman–Crippen LogP) is 25.1. The monoisotopic (exact) mass is 1120 g/mol. The van der Waals surface area contributed by atoms with Crippen molar-refractivity contribution in [2.45, 2.75) is 405 Å². The van der Waals surface area contributed by atoms with Crippen LogP contribution in [0.4, 0.5) is 0 Å². The Bertz CT molecular complexity index is 1320. The Kier molecular flexibility index (Phi) is 69.2. The lowest BCUT2D eigenvalue weighted by Gasteiger charge is -2.15. The summed E-state index contributed by atoms with van der Waals surface area (Å²) < 4.78 is 10.8. The van der Waals surface area contributed by atoms with Crippen molar-refractivity contribution < 1.29 is 24.2 Å². The molecule has 0 heterocycles. The number of hydrogen-bond acceptors (Lipinski definition) is 5. The molecule has 0 aromatic rings. The molecular weight excluding hydrogens is 981 g/mol. The maximum absolute atomic E-state index is 12.4. The van der Waals surface area contributed by atoms with Crippen molar-refractivity contribution in [3.8, 4) is 0 Å². The van der Waals surface area contributed by atoms with E-state index >= 15 is 0 Å². The molecule has 0 saturated heterocycles. The molecule has 0 bridgehead atoms. The van der Waals surface area contributed by atoms with Gasteiger partial charge in [0.1, 0.15) is 6.61 Å². The second-order valence-corrected chi connectivity index (χ2v) is 24.7. The summed E-state index contributed by atoms with van der Waals surface area (Å²) in [7, 11) is 0. The Morgan fingerprint density at radius 2 is 0.500 bits per heavy atom. The number of rotatable bonds is 68. The summed E-state index contributed by atoms with van der Waals surface area (Å²) in [6.07, 6.45) is 95.9. The molecule has 1 N–H and O–H groups in total. The molecule has 80 heavy (non-hydrogen) atoms. The number of hydrogen-bond donors (Lipinski definition) is 1. The summed E-state index contributed by atoms with van der Waals surface area (Å²) in [6, 6.07) is 0. The van der Waals surface area contributed by atoms with E-state index in [1.807, 2.05) is 0 Å². The van der Waals surface area contributed by atoms with Gasteiger partial charge in [0.15, 0.2) is 6.10 Å². The predicted molar refractivity (Wildman–Crippen MR) is 353 cm³/mol. The van der Waals surface area contributed by atoms with E-state index in [2.05, 4.69) is 62.5 Å². The highest BCUT2D eigenvalue weighted by Crippen LogP contribution is 2.19. The van der Waals surface area contributed by atoms with Gasteiger partial charge in [0.25, 0.3) is 0 Å². The highest BCUT2D eigenvalue weighted by atomic mass is 16.6. The number of carbonyl (C=O) groups excluding carboxylic acids is 2. The van der Waals surface area contributed by atoms with Gasteiger partial charge >= 0.3 is 11.9 Å². The van der Waals surface area contributed by atoms with Crippen LogP contribution in [0.1, 0.15) is 399 Å². The molecule has 0 aliphatic carbocycles. The van der Waals surface area contributed by atoms with Gasteiger partial charge in [-0.2, -0.15) is 0 Å². The Morgan fingerprint density at radius 1 is 0.287 bits per heavy atom. The molecular formula is C75H140O5. The maximum Gasteiger partial charge on any atom is 0.306 e. The van der Waals surface area contributed by atoms with Crippen molar-refractivity contribution >= 4 is 11.9 Å². The van der Waals surface area contributed by atoms with Crippen LogP contribution in [0.3, 0.4) is 0 Å². The lowest BCUT2D eigenvalue weighted by atomic mass is 10.0. The molecule has 0 saturated carbocycles. The van der Waals surface area contributed by atoms with Gasteiger partial charge in [-0.05, 0) is 77.0 Å². The van der Waals surface area contributed by atoms with Crippen molar-refractivity contribution in [1.82, 2.24) is 0 Å². The minimum Gasteiger partial charge on any atom is -0.462 e. The minimum atomic E-state index is -0.771. The highest BCUT2D eigenvalue weighted by molar-refractivity contribution is 5.70. The van der Waals surface area contributed by atoms with E-state index < -0.39 is 6.10 Å². The van der Waals surface area contributed by atoms with E-state index in [-0.39, 0.29) is 25.2 Å². The first-order valence-corrected chi connectivity index (χ1v) is 36.2. The third kappa shape index (κ3) is 68.4. The SMILES string of the molecule is CCCCCCC/C=C\C/C=C\CCCCCCCCCCCCCCCCCCCCCCCCCC(=O)OC(CO)COC(=O)CCCCCCCCCCCCCCCCCCCCC/C=C\C/C=C\CCCCCCC. The molecule has 0 fully saturated rings. The van der Waals surface area contributed by atoms with Gasteiger partial charge in [-0.25, -0.2) is 0 Å². The van der Waals surface area contributed by atoms with Crippen LogP contribution in [0.2, 0.25) is 0 Å². The zero-order valence-corrected chi connectivity index (χ0v) is 54.1. The standard InChI is InChI=1S/C75H140O5/c1-3-5-7-9-11-13-15-17-19-21-23-25-27-29-31-33-35-36-37-38-40-42-44-46-48-50-52-54-56-58-60-62-64-66-68-70-75(78)80-73(71-76)72-79-74(77)69-67-65-63-61-59-57-55-53-51-49-47-45-43-41-39-34-32-30-28-26-24-22-20-18-16-14-12-10-8-6-4-2/h15-18,21-24,73,76H,3-14,19-20,25-72H2,1-2H3/b17-15-,18-16-,23-21-,24-22-. The van der Waals surface area contributed by atoms with E-state index in [1.54, 1.807) is 0 Å². The molecule has 470 valence electrons. The summed E-state index contributed by atoms with van der Waals surface area (Å²) in [5, 5.41) is 9.71. The van der Waals surface area contributed by atoms with Gasteiger partial charge in [0, 0.05) is 12.8 Å². The molecule has 0 aromatic carbocycles. The van der Waals surface area contributed by atoms with Crippen molar-refractivity contribution in [3.63, 3.8) is 0 Å². The maximum atomic E-state index is 12.4. The second-order valence-electron chi connectivity index (χ2n) is 24.7. The molecule has 1 unspecified atom stereocenters. The van der Waals surface area contributed by atoms with Crippen molar-refractivity contribution in [2.75, 3.05) is 13.2 Å². The zero-order chi connectivity index (χ0) is 57.6. The van der Waals surface area contributed by atoms with Gasteiger partial charge in [0.05, 0.1) is 6.61 Å². The van der Waals surface area contributed by atoms with E-state index in [1.165, 1.54) is 321 Å². The Labute approximate surface area is 500 Å². The zero-order valence-electron chi connectivity index (χ0n) is 54.1. The third-order valence-corrected chi connectivity index (χ3v) is 16.6. The van der Waals surface area contributed by atoms with Crippen LogP contribution in [0.5, 0.6) is 0 Å². The number of unbranched alkanes of at least 4 members (excludes halogenated alkanes) is 52. The van der Waals surface area contributed by atoms with Gasteiger partial charge in [-0.3, -0.25) is 9.59 Å². The van der Waals surface area contributed by atoms with Crippen molar-refractivity contribution in [2.24, 2.45) is 0 Å². The first-order valence-electron chi connectivity index (χ1n) is 36.2. The number of allylic oxidation sites excluding steroid dienone is 8. The molecule has 0 spiro atoms. The molecule has 0 amide bonds. The first-order chi connectivity index (χ1) is 39.6. The Morgan fingerprint density at radius 3 is 0.738 bits per heavy atom. The molecule has 5 heteroatoms. The average molecular weight is 1120 g/mol. The van der Waals surface area contributed by atoms with Gasteiger partial charge in [-0.15, -0.1) is 0 Å². The largest absolute Gasteiger partial charge is 0.462 e. The van der Waals surface area contributed by atoms with Crippen LogP contribution in [0.15, 0.2) is 48.6 Å². The van der Waals surface area contributed by atoms with Gasteiger partial charge in [-0.1, -0.05) is 358 Å². The third-order valence-electron chi connectivity index (χ3n) is 16.6. The lowest BCUT2D eigenvalue weighted by molar-refractivity contribution is -0.161. The molecule has 0 radical (unpaired) electrons. The van der Waals surface area contributed by atoms with Crippen LogP contribution in [-0.4, -0.2) is 36.4 Å². The summed E-state index contributed by atoms with van der Waals surface area (Å²) >= 11 is 0. The van der Waals surface area contributed by atoms with E-state index in [0.29, 0.717) is 12.8 Å². The molecule has 0 aromatic heterocycles. The fourth-order valence-electron chi connectivity index (χ4n) is 11.2. The van der Waals surface area contributed by atoms with Crippen LogP contribution < -0.4 is 0 Å². The Hall–Kier alpha value is -2.14. The highest BCUT2D eigenvalue weighted by Gasteiger charge is 2.16. The molecule has 5 nitrogen and oxygen atoms in total. The normalized spacial score (nSPS) is 12.4. The van der Waals surface area contributed by atoms with Crippen molar-refractivity contribution in [3.05, 3.63) is 48.6 Å². The molecule has 1 atom stereocenters. The second kappa shape index (κ2) is 71.1. The first kappa shape index (κ1) is 77.9. The Balaban J connectivity index is 3.38. The lowest BCUT2D eigenvalue weighted by Crippen LogP contribution is -2.28. The topological polar surface area (TPSA) is 72.8 Å². The van der Waals surface area contributed by atoms with Crippen LogP contribution in [0, 0.1) is 0 Å². The number of ether oxygens (including phenoxy) is 2. The summed E-state index contributed by atoms with van der Waals surface area (Å²) in [6.45, 7) is 4.18. The summed E-state index contributed by atoms with van der Waals surface area (Å²) in [4.78, 5) is 24.7. The average Bonchev–Trinajstić information content (AvgIpc) is 3.46. The van der Waals surface area contributed by atoms with E-state index in [0.717, 1.165) is 51.4 Å². The molecule has 0 aliphatic heterocycles. The molecule has 0 rings (SSSR count). The van der Waals surface area contributed by atoms with Gasteiger partial charge in [0.2, 0.25) is 0 Å². The van der Waals surface area contributed by atoms with Crippen molar-refractivity contribution in [1.29, 1.82) is 0 Å². The molecule has 0 aliphatic rings. The van der Waals surface area contributed by atoms with Crippen LogP contribution in [-0.2, 0) is 19.1 Å². The van der Waals surface area contributed by atoms with E-state index in [4.69, 9.17) is 9.47 Å². The fraction of sp³-hybridized carbons (Fsp3) is 0.867. The van der Waals surface area contributed by atoms with Crippen LogP contribution >= 0.6 is 0 Å². The quantitative estimate of drug-likeness (QED) is 0.0373. The summed E-state index contributed by atoms with van der Waals surface area (Å²) in [5.74, 6) is -0.566. The number of aliphatic hydroxyl groups is 1. The smallest absolute Gasteiger partial charge is 0.306 e. The summed E-state index contributed by atoms with van der Waals surface area (Å²) in [5.41, 5.74) is 0. The van der Waals surface area contributed by atoms with E-state index in [9.17, 15) is 14.7 Å². The minimum absolute atomic E-state index is 0.0599. The number of esters is 2. The van der Waals surface area contributed by atoms with Crippen LogP contribution in [0.25, 0.3) is 0 Å². The number of carbonyl (C=O) groups is 2. The number of aliphatic hydroxyl groups excluding tert-OH is 1. The fourth-order valence-corrected chi connectivity index (χ4v) is 11.2. The van der Waals surface area contributed by atoms with Gasteiger partial charge < -0.3 is 14.6 Å².